The van der Waals surface area contributed by atoms with Crippen molar-refractivity contribution in [1.29, 1.82) is 0 Å². The zero-order valence-corrected chi connectivity index (χ0v) is 9.20. The third kappa shape index (κ3) is 2.16. The summed E-state index contributed by atoms with van der Waals surface area (Å²) >= 11 is 0. The summed E-state index contributed by atoms with van der Waals surface area (Å²) < 4.78 is 4.95. The molecule has 1 rings (SSSR count). The smallest absolute Gasteiger partial charge is 0.414 e. The van der Waals surface area contributed by atoms with Crippen LogP contribution in [0.4, 0.5) is 4.79 Å². The highest BCUT2D eigenvalue weighted by Crippen LogP contribution is 2.20. The molecular formula is C11H17NO2. The first-order valence-corrected chi connectivity index (χ1v) is 4.88. The average molecular weight is 195 g/mol. The molecule has 0 aliphatic carbocycles. The maximum atomic E-state index is 11.5. The molecule has 1 heterocycles. The van der Waals surface area contributed by atoms with Crippen molar-refractivity contribution in [3.63, 3.8) is 0 Å². The van der Waals surface area contributed by atoms with E-state index in [1.54, 1.807) is 4.90 Å². The molecule has 0 saturated heterocycles. The highest BCUT2D eigenvalue weighted by molar-refractivity contribution is 5.70. The third-order valence-corrected chi connectivity index (χ3v) is 2.36. The first-order chi connectivity index (χ1) is 6.56. The van der Waals surface area contributed by atoms with Crippen molar-refractivity contribution >= 4 is 6.09 Å². The van der Waals surface area contributed by atoms with E-state index in [9.17, 15) is 4.79 Å². The van der Waals surface area contributed by atoms with Crippen LogP contribution in [-0.4, -0.2) is 23.6 Å². The number of hydrogen-bond donors (Lipinski definition) is 0. The van der Waals surface area contributed by atoms with Gasteiger partial charge in [-0.1, -0.05) is 6.08 Å². The predicted octanol–water partition coefficient (Wildman–Crippen LogP) is 2.70. The van der Waals surface area contributed by atoms with Crippen LogP contribution in [-0.2, 0) is 4.74 Å². The van der Waals surface area contributed by atoms with E-state index in [2.05, 4.69) is 6.08 Å². The SMILES string of the molecule is CCOC(=O)N1C=C(C)C(C)=CC1C. The quantitative estimate of drug-likeness (QED) is 0.643. The Morgan fingerprint density at radius 3 is 2.71 bits per heavy atom. The fourth-order valence-electron chi connectivity index (χ4n) is 1.42. The molecule has 0 aromatic heterocycles. The molecule has 14 heavy (non-hydrogen) atoms. The number of ether oxygens (including phenoxy) is 1. The van der Waals surface area contributed by atoms with Gasteiger partial charge in [0.1, 0.15) is 0 Å². The molecular weight excluding hydrogens is 178 g/mol. The molecule has 78 valence electrons. The molecule has 1 amide bonds. The van der Waals surface area contributed by atoms with Gasteiger partial charge in [0, 0.05) is 6.20 Å². The van der Waals surface area contributed by atoms with Crippen LogP contribution in [0.1, 0.15) is 27.7 Å². The molecule has 1 aliphatic rings. The lowest BCUT2D eigenvalue weighted by molar-refractivity contribution is 0.116. The minimum Gasteiger partial charge on any atom is -0.449 e. The van der Waals surface area contributed by atoms with Gasteiger partial charge in [0.05, 0.1) is 12.6 Å². The van der Waals surface area contributed by atoms with Crippen LogP contribution >= 0.6 is 0 Å². The molecule has 0 bridgehead atoms. The lowest BCUT2D eigenvalue weighted by Gasteiger charge is -2.27. The summed E-state index contributed by atoms with van der Waals surface area (Å²) in [7, 11) is 0. The van der Waals surface area contributed by atoms with E-state index in [0.29, 0.717) is 6.61 Å². The number of nitrogens with zero attached hydrogens (tertiary/aromatic N) is 1. The average Bonchev–Trinajstić information content (AvgIpc) is 2.11. The Morgan fingerprint density at radius 2 is 2.14 bits per heavy atom. The first-order valence-electron chi connectivity index (χ1n) is 4.88. The zero-order chi connectivity index (χ0) is 10.7. The second-order valence-corrected chi connectivity index (χ2v) is 3.51. The Labute approximate surface area is 85.0 Å². The third-order valence-electron chi connectivity index (χ3n) is 2.36. The molecule has 0 N–H and O–H groups in total. The minimum absolute atomic E-state index is 0.0812. The Hall–Kier alpha value is -1.25. The summed E-state index contributed by atoms with van der Waals surface area (Å²) in [4.78, 5) is 13.1. The summed E-state index contributed by atoms with van der Waals surface area (Å²) in [6, 6.07) is 0.0812. The van der Waals surface area contributed by atoms with E-state index in [4.69, 9.17) is 4.74 Å². The molecule has 0 aromatic carbocycles. The van der Waals surface area contributed by atoms with E-state index in [1.165, 1.54) is 5.57 Å². The standard InChI is InChI=1S/C11H17NO2/c1-5-14-11(13)12-7-9(3)8(2)6-10(12)4/h6-7,10H,5H2,1-4H3. The summed E-state index contributed by atoms with van der Waals surface area (Å²) in [5.74, 6) is 0. The maximum Gasteiger partial charge on any atom is 0.414 e. The zero-order valence-electron chi connectivity index (χ0n) is 9.20. The fraction of sp³-hybridized carbons (Fsp3) is 0.545. The normalized spacial score (nSPS) is 21.4. The Bertz CT molecular complexity index is 292. The topological polar surface area (TPSA) is 29.5 Å². The Balaban J connectivity index is 2.78. The van der Waals surface area contributed by atoms with Crippen molar-refractivity contribution in [2.45, 2.75) is 33.7 Å². The lowest BCUT2D eigenvalue weighted by atomic mass is 10.0. The maximum absolute atomic E-state index is 11.5. The monoisotopic (exact) mass is 195 g/mol. The highest BCUT2D eigenvalue weighted by Gasteiger charge is 2.21. The van der Waals surface area contributed by atoms with E-state index in [1.807, 2.05) is 33.9 Å². The molecule has 1 atom stereocenters. The van der Waals surface area contributed by atoms with Crippen molar-refractivity contribution in [3.8, 4) is 0 Å². The van der Waals surface area contributed by atoms with Gasteiger partial charge in [-0.25, -0.2) is 4.79 Å². The van der Waals surface area contributed by atoms with Crippen molar-refractivity contribution in [2.24, 2.45) is 0 Å². The largest absolute Gasteiger partial charge is 0.449 e. The number of carbonyl (C=O) groups is 1. The van der Waals surface area contributed by atoms with Gasteiger partial charge in [0.2, 0.25) is 0 Å². The molecule has 3 heteroatoms. The summed E-state index contributed by atoms with van der Waals surface area (Å²) in [6.45, 7) is 8.24. The molecule has 1 unspecified atom stereocenters. The van der Waals surface area contributed by atoms with E-state index < -0.39 is 0 Å². The predicted molar refractivity (Wildman–Crippen MR) is 55.8 cm³/mol. The van der Waals surface area contributed by atoms with Gasteiger partial charge in [0.15, 0.2) is 0 Å². The van der Waals surface area contributed by atoms with E-state index >= 15 is 0 Å². The number of allylic oxidation sites excluding steroid dienone is 2. The number of rotatable bonds is 1. The van der Waals surface area contributed by atoms with Crippen LogP contribution < -0.4 is 0 Å². The number of carbonyl (C=O) groups excluding carboxylic acids is 1. The molecule has 0 fully saturated rings. The molecule has 3 nitrogen and oxygen atoms in total. The molecule has 0 saturated carbocycles. The first kappa shape index (κ1) is 10.8. The summed E-state index contributed by atoms with van der Waals surface area (Å²) in [5.41, 5.74) is 2.33. The Morgan fingerprint density at radius 1 is 1.50 bits per heavy atom. The molecule has 0 radical (unpaired) electrons. The van der Waals surface area contributed by atoms with Gasteiger partial charge in [-0.05, 0) is 38.8 Å². The van der Waals surface area contributed by atoms with Gasteiger partial charge >= 0.3 is 6.09 Å². The van der Waals surface area contributed by atoms with Crippen LogP contribution in [0.3, 0.4) is 0 Å². The molecule has 0 spiro atoms. The van der Waals surface area contributed by atoms with Crippen molar-refractivity contribution in [2.75, 3.05) is 6.61 Å². The van der Waals surface area contributed by atoms with Crippen molar-refractivity contribution in [3.05, 3.63) is 23.4 Å². The van der Waals surface area contributed by atoms with E-state index in [0.717, 1.165) is 5.57 Å². The van der Waals surface area contributed by atoms with Gasteiger partial charge < -0.3 is 4.74 Å². The highest BCUT2D eigenvalue weighted by atomic mass is 16.6. The van der Waals surface area contributed by atoms with Crippen LogP contribution in [0, 0.1) is 0 Å². The van der Waals surface area contributed by atoms with Crippen LogP contribution in [0.2, 0.25) is 0 Å². The fourth-order valence-corrected chi connectivity index (χ4v) is 1.42. The van der Waals surface area contributed by atoms with Crippen molar-refractivity contribution < 1.29 is 9.53 Å². The Kier molecular flexibility index (Phi) is 3.33. The lowest BCUT2D eigenvalue weighted by Crippen LogP contribution is -2.35. The molecule has 1 aliphatic heterocycles. The minimum atomic E-state index is -0.275. The summed E-state index contributed by atoms with van der Waals surface area (Å²) in [6.07, 6.45) is 3.63. The second kappa shape index (κ2) is 4.31. The summed E-state index contributed by atoms with van der Waals surface area (Å²) in [5, 5.41) is 0. The number of hydrogen-bond acceptors (Lipinski definition) is 2. The van der Waals surface area contributed by atoms with Crippen LogP contribution in [0.5, 0.6) is 0 Å². The van der Waals surface area contributed by atoms with Crippen LogP contribution in [0.15, 0.2) is 23.4 Å². The van der Waals surface area contributed by atoms with Gasteiger partial charge in [-0.3, -0.25) is 4.90 Å². The van der Waals surface area contributed by atoms with Crippen molar-refractivity contribution in [1.82, 2.24) is 4.90 Å². The van der Waals surface area contributed by atoms with Gasteiger partial charge in [-0.2, -0.15) is 0 Å². The second-order valence-electron chi connectivity index (χ2n) is 3.51. The molecule has 0 aromatic rings. The van der Waals surface area contributed by atoms with Gasteiger partial charge in [0.25, 0.3) is 0 Å². The van der Waals surface area contributed by atoms with E-state index in [-0.39, 0.29) is 12.1 Å². The van der Waals surface area contributed by atoms with Crippen LogP contribution in [0.25, 0.3) is 0 Å². The number of amides is 1. The van der Waals surface area contributed by atoms with Gasteiger partial charge in [-0.15, -0.1) is 0 Å².